The largest absolute Gasteiger partial charge is 0.248 e. The number of hydrogen-bond acceptors (Lipinski definition) is 2. The molecule has 2 heterocycles. The SMILES string of the molecule is CCCC(c1c2ccccc2nc2ccccc12)c1c2ccccc2nc2ccccc12. The first kappa shape index (κ1) is 18.9. The lowest BCUT2D eigenvalue weighted by atomic mass is 9.80. The van der Waals surface area contributed by atoms with E-state index in [4.69, 9.17) is 9.97 Å². The van der Waals surface area contributed by atoms with Crippen LogP contribution in [0.1, 0.15) is 36.8 Å². The van der Waals surface area contributed by atoms with Crippen LogP contribution in [-0.2, 0) is 0 Å². The molecular formula is C30H24N2. The minimum atomic E-state index is 0.246. The summed E-state index contributed by atoms with van der Waals surface area (Å²) in [6.45, 7) is 2.28. The smallest absolute Gasteiger partial charge is 0.0712 e. The Kier molecular flexibility index (Phi) is 4.57. The predicted octanol–water partition coefficient (Wildman–Crippen LogP) is 8.02. The molecule has 0 atom stereocenters. The molecule has 0 aliphatic heterocycles. The number of nitrogens with zero attached hydrogens (tertiary/aromatic N) is 2. The Morgan fingerprint density at radius 3 is 1.12 bits per heavy atom. The monoisotopic (exact) mass is 412 g/mol. The Labute approximate surface area is 187 Å². The Morgan fingerprint density at radius 1 is 0.500 bits per heavy atom. The predicted molar refractivity (Wildman–Crippen MR) is 135 cm³/mol. The quantitative estimate of drug-likeness (QED) is 0.274. The van der Waals surface area contributed by atoms with E-state index in [9.17, 15) is 0 Å². The van der Waals surface area contributed by atoms with Crippen LogP contribution in [0.15, 0.2) is 97.1 Å². The highest BCUT2D eigenvalue weighted by atomic mass is 14.7. The Balaban J connectivity index is 1.80. The molecule has 0 aliphatic carbocycles. The third-order valence-electron chi connectivity index (χ3n) is 6.53. The maximum Gasteiger partial charge on any atom is 0.0712 e. The molecule has 154 valence electrons. The van der Waals surface area contributed by atoms with Crippen molar-refractivity contribution in [2.45, 2.75) is 25.7 Å². The van der Waals surface area contributed by atoms with Crippen molar-refractivity contribution in [3.63, 3.8) is 0 Å². The van der Waals surface area contributed by atoms with Gasteiger partial charge < -0.3 is 0 Å². The molecule has 0 fully saturated rings. The molecule has 0 bridgehead atoms. The lowest BCUT2D eigenvalue weighted by Gasteiger charge is -2.24. The van der Waals surface area contributed by atoms with Crippen LogP contribution in [0.5, 0.6) is 0 Å². The van der Waals surface area contributed by atoms with Crippen LogP contribution in [0, 0.1) is 0 Å². The van der Waals surface area contributed by atoms with Gasteiger partial charge in [0.1, 0.15) is 0 Å². The minimum absolute atomic E-state index is 0.246. The lowest BCUT2D eigenvalue weighted by molar-refractivity contribution is 0.714. The lowest BCUT2D eigenvalue weighted by Crippen LogP contribution is -2.06. The number of pyridine rings is 2. The fourth-order valence-electron chi connectivity index (χ4n) is 5.22. The van der Waals surface area contributed by atoms with Gasteiger partial charge in [0, 0.05) is 27.5 Å². The molecule has 6 rings (SSSR count). The van der Waals surface area contributed by atoms with E-state index in [0.717, 1.165) is 34.9 Å². The number of para-hydroxylation sites is 4. The summed E-state index contributed by atoms with van der Waals surface area (Å²) in [5.41, 5.74) is 7.01. The van der Waals surface area contributed by atoms with E-state index in [1.54, 1.807) is 0 Å². The van der Waals surface area contributed by atoms with Crippen molar-refractivity contribution in [3.8, 4) is 0 Å². The molecule has 2 aromatic heterocycles. The molecule has 2 heteroatoms. The summed E-state index contributed by atoms with van der Waals surface area (Å²) >= 11 is 0. The van der Waals surface area contributed by atoms with Crippen LogP contribution in [0.4, 0.5) is 0 Å². The Bertz CT molecular complexity index is 1370. The zero-order chi connectivity index (χ0) is 21.5. The van der Waals surface area contributed by atoms with Gasteiger partial charge in [-0.1, -0.05) is 86.1 Å². The van der Waals surface area contributed by atoms with Crippen molar-refractivity contribution in [2.75, 3.05) is 0 Å². The van der Waals surface area contributed by atoms with Crippen molar-refractivity contribution in [3.05, 3.63) is 108 Å². The van der Waals surface area contributed by atoms with Crippen molar-refractivity contribution in [1.29, 1.82) is 0 Å². The van der Waals surface area contributed by atoms with Gasteiger partial charge in [-0.05, 0) is 41.8 Å². The second kappa shape index (κ2) is 7.72. The molecule has 0 saturated carbocycles. The van der Waals surface area contributed by atoms with Crippen molar-refractivity contribution in [1.82, 2.24) is 9.97 Å². The third-order valence-corrected chi connectivity index (χ3v) is 6.53. The summed E-state index contributed by atoms with van der Waals surface area (Å²) in [6, 6.07) is 34.3. The number of fused-ring (bicyclic) bond motifs is 4. The Hall–Kier alpha value is -3.78. The summed E-state index contributed by atoms with van der Waals surface area (Å²) in [5, 5.41) is 4.98. The zero-order valence-electron chi connectivity index (χ0n) is 18.1. The van der Waals surface area contributed by atoms with E-state index in [1.165, 1.54) is 32.7 Å². The summed E-state index contributed by atoms with van der Waals surface area (Å²) in [7, 11) is 0. The van der Waals surface area contributed by atoms with Crippen molar-refractivity contribution >= 4 is 43.6 Å². The maximum atomic E-state index is 4.99. The van der Waals surface area contributed by atoms with Crippen LogP contribution in [0.2, 0.25) is 0 Å². The first-order chi connectivity index (χ1) is 15.8. The van der Waals surface area contributed by atoms with Gasteiger partial charge in [0.15, 0.2) is 0 Å². The molecule has 0 radical (unpaired) electrons. The highest BCUT2D eigenvalue weighted by Gasteiger charge is 2.24. The molecule has 6 aromatic rings. The molecular weight excluding hydrogens is 388 g/mol. The second-order valence-corrected chi connectivity index (χ2v) is 8.46. The molecule has 0 saturated heterocycles. The van der Waals surface area contributed by atoms with Crippen LogP contribution >= 0.6 is 0 Å². The third kappa shape index (κ3) is 2.95. The van der Waals surface area contributed by atoms with E-state index < -0.39 is 0 Å². The summed E-state index contributed by atoms with van der Waals surface area (Å²) in [6.07, 6.45) is 2.16. The average molecular weight is 413 g/mol. The highest BCUT2D eigenvalue weighted by Crippen LogP contribution is 2.43. The van der Waals surface area contributed by atoms with Gasteiger partial charge in [-0.15, -0.1) is 0 Å². The van der Waals surface area contributed by atoms with Crippen molar-refractivity contribution in [2.24, 2.45) is 0 Å². The van der Waals surface area contributed by atoms with Crippen LogP contribution in [-0.4, -0.2) is 9.97 Å². The molecule has 0 unspecified atom stereocenters. The molecule has 2 nitrogen and oxygen atoms in total. The molecule has 0 N–H and O–H groups in total. The van der Waals surface area contributed by atoms with E-state index in [2.05, 4.69) is 104 Å². The van der Waals surface area contributed by atoms with Crippen LogP contribution in [0.3, 0.4) is 0 Å². The van der Waals surface area contributed by atoms with E-state index >= 15 is 0 Å². The first-order valence-corrected chi connectivity index (χ1v) is 11.4. The van der Waals surface area contributed by atoms with Gasteiger partial charge in [-0.25, -0.2) is 9.97 Å². The zero-order valence-corrected chi connectivity index (χ0v) is 18.1. The van der Waals surface area contributed by atoms with Gasteiger partial charge >= 0.3 is 0 Å². The fraction of sp³-hybridized carbons (Fsp3) is 0.133. The molecule has 4 aromatic carbocycles. The standard InChI is InChI=1S/C30H24N2/c1-2-11-24(29-20-12-3-7-16-25(20)31-26-17-8-4-13-21(26)29)30-22-14-5-9-18-27(22)32-28-19-10-6-15-23(28)30/h3-10,12-19,24H,2,11H2,1H3. The number of benzene rings is 4. The highest BCUT2D eigenvalue weighted by molar-refractivity contribution is 6.02. The van der Waals surface area contributed by atoms with Gasteiger partial charge in [-0.3, -0.25) is 0 Å². The van der Waals surface area contributed by atoms with Gasteiger partial charge in [0.05, 0.1) is 22.1 Å². The summed E-state index contributed by atoms with van der Waals surface area (Å²) in [5.74, 6) is 0.246. The Morgan fingerprint density at radius 2 is 0.812 bits per heavy atom. The van der Waals surface area contributed by atoms with E-state index in [0.29, 0.717) is 0 Å². The van der Waals surface area contributed by atoms with Gasteiger partial charge in [0.2, 0.25) is 0 Å². The number of aromatic nitrogens is 2. The van der Waals surface area contributed by atoms with Crippen molar-refractivity contribution < 1.29 is 0 Å². The summed E-state index contributed by atoms with van der Waals surface area (Å²) < 4.78 is 0. The average Bonchev–Trinajstić information content (AvgIpc) is 2.85. The minimum Gasteiger partial charge on any atom is -0.248 e. The fourth-order valence-corrected chi connectivity index (χ4v) is 5.22. The van der Waals surface area contributed by atoms with Crippen LogP contribution in [0.25, 0.3) is 43.6 Å². The maximum absolute atomic E-state index is 4.99. The summed E-state index contributed by atoms with van der Waals surface area (Å²) in [4.78, 5) is 9.97. The topological polar surface area (TPSA) is 25.8 Å². The molecule has 0 spiro atoms. The van der Waals surface area contributed by atoms with Crippen LogP contribution < -0.4 is 0 Å². The molecule has 0 amide bonds. The molecule has 32 heavy (non-hydrogen) atoms. The van der Waals surface area contributed by atoms with E-state index in [-0.39, 0.29) is 5.92 Å². The number of hydrogen-bond donors (Lipinski definition) is 0. The van der Waals surface area contributed by atoms with Gasteiger partial charge in [0.25, 0.3) is 0 Å². The normalized spacial score (nSPS) is 11.8. The van der Waals surface area contributed by atoms with Gasteiger partial charge in [-0.2, -0.15) is 0 Å². The number of rotatable bonds is 4. The first-order valence-electron chi connectivity index (χ1n) is 11.4. The van der Waals surface area contributed by atoms with E-state index in [1.807, 2.05) is 0 Å². The molecule has 0 aliphatic rings. The second-order valence-electron chi connectivity index (χ2n) is 8.46.